The SMILES string of the molecule is CC.CCC(C)N1CCCCCC1. The highest BCUT2D eigenvalue weighted by Crippen LogP contribution is 2.13. The van der Waals surface area contributed by atoms with Crippen LogP contribution in [0.5, 0.6) is 0 Å². The zero-order chi connectivity index (χ0) is 10.1. The molecule has 1 saturated heterocycles. The molecule has 1 aliphatic rings. The van der Waals surface area contributed by atoms with E-state index in [2.05, 4.69) is 18.7 Å². The van der Waals surface area contributed by atoms with E-state index in [1.165, 1.54) is 45.2 Å². The maximum atomic E-state index is 2.65. The molecule has 13 heavy (non-hydrogen) atoms. The third-order valence-electron chi connectivity index (χ3n) is 2.85. The van der Waals surface area contributed by atoms with Gasteiger partial charge in [-0.25, -0.2) is 0 Å². The summed E-state index contributed by atoms with van der Waals surface area (Å²) in [5, 5.41) is 0. The topological polar surface area (TPSA) is 3.24 Å². The predicted molar refractivity (Wildman–Crippen MR) is 61.1 cm³/mol. The number of hydrogen-bond donors (Lipinski definition) is 0. The van der Waals surface area contributed by atoms with Gasteiger partial charge in [-0.15, -0.1) is 0 Å². The Kier molecular flexibility index (Phi) is 8.53. The minimum atomic E-state index is 0.813. The normalized spacial score (nSPS) is 21.2. The minimum Gasteiger partial charge on any atom is -0.301 e. The summed E-state index contributed by atoms with van der Waals surface area (Å²) in [7, 11) is 0. The lowest BCUT2D eigenvalue weighted by Crippen LogP contribution is -2.33. The molecule has 0 aliphatic carbocycles. The van der Waals surface area contributed by atoms with Gasteiger partial charge in [0.1, 0.15) is 0 Å². The van der Waals surface area contributed by atoms with Gasteiger partial charge in [0.25, 0.3) is 0 Å². The maximum Gasteiger partial charge on any atom is 0.00643 e. The Hall–Kier alpha value is -0.0400. The van der Waals surface area contributed by atoms with E-state index in [-0.39, 0.29) is 0 Å². The van der Waals surface area contributed by atoms with Gasteiger partial charge in [0.2, 0.25) is 0 Å². The Bertz CT molecular complexity index is 93.3. The van der Waals surface area contributed by atoms with Gasteiger partial charge in [-0.3, -0.25) is 0 Å². The molecule has 0 N–H and O–H groups in total. The Morgan fingerprint density at radius 3 is 1.85 bits per heavy atom. The predicted octanol–water partition coefficient (Wildman–Crippen LogP) is 3.69. The monoisotopic (exact) mass is 185 g/mol. The molecular weight excluding hydrogens is 158 g/mol. The number of nitrogens with zero attached hydrogens (tertiary/aromatic N) is 1. The second-order valence-electron chi connectivity index (χ2n) is 3.71. The summed E-state index contributed by atoms with van der Waals surface area (Å²) in [5.41, 5.74) is 0. The van der Waals surface area contributed by atoms with Crippen molar-refractivity contribution in [2.75, 3.05) is 13.1 Å². The third-order valence-corrected chi connectivity index (χ3v) is 2.85. The molecule has 1 fully saturated rings. The first-order valence-corrected chi connectivity index (χ1v) is 6.08. The summed E-state index contributed by atoms with van der Waals surface area (Å²) < 4.78 is 0. The first kappa shape index (κ1) is 13.0. The Labute approximate surface area is 84.5 Å². The van der Waals surface area contributed by atoms with Gasteiger partial charge in [0, 0.05) is 6.04 Å². The first-order chi connectivity index (χ1) is 6.34. The molecule has 1 aliphatic heterocycles. The zero-order valence-corrected chi connectivity index (χ0v) is 9.97. The lowest BCUT2D eigenvalue weighted by molar-refractivity contribution is 0.212. The molecule has 0 saturated carbocycles. The summed E-state index contributed by atoms with van der Waals surface area (Å²) >= 11 is 0. The molecular formula is C12H27N. The van der Waals surface area contributed by atoms with Crippen LogP contribution in [0.1, 0.15) is 59.8 Å². The van der Waals surface area contributed by atoms with Crippen molar-refractivity contribution in [3.63, 3.8) is 0 Å². The van der Waals surface area contributed by atoms with E-state index < -0.39 is 0 Å². The van der Waals surface area contributed by atoms with Crippen LogP contribution >= 0.6 is 0 Å². The van der Waals surface area contributed by atoms with Crippen LogP contribution in [-0.4, -0.2) is 24.0 Å². The Morgan fingerprint density at radius 2 is 1.46 bits per heavy atom. The van der Waals surface area contributed by atoms with Gasteiger partial charge in [-0.1, -0.05) is 33.6 Å². The van der Waals surface area contributed by atoms with E-state index in [1.807, 2.05) is 13.8 Å². The largest absolute Gasteiger partial charge is 0.301 e. The third kappa shape index (κ3) is 5.30. The molecule has 0 aromatic rings. The van der Waals surface area contributed by atoms with Crippen molar-refractivity contribution >= 4 is 0 Å². The molecule has 0 spiro atoms. The molecule has 80 valence electrons. The molecule has 1 atom stereocenters. The highest BCUT2D eigenvalue weighted by Gasteiger charge is 2.12. The lowest BCUT2D eigenvalue weighted by atomic mass is 10.2. The summed E-state index contributed by atoms with van der Waals surface area (Å²) in [5.74, 6) is 0. The van der Waals surface area contributed by atoms with E-state index in [9.17, 15) is 0 Å². The van der Waals surface area contributed by atoms with Crippen LogP contribution in [0.3, 0.4) is 0 Å². The highest BCUT2D eigenvalue weighted by atomic mass is 15.1. The van der Waals surface area contributed by atoms with Crippen molar-refractivity contribution in [1.82, 2.24) is 4.90 Å². The lowest BCUT2D eigenvalue weighted by Gasteiger charge is -2.26. The first-order valence-electron chi connectivity index (χ1n) is 6.08. The number of rotatable bonds is 2. The van der Waals surface area contributed by atoms with Crippen LogP contribution in [-0.2, 0) is 0 Å². The molecule has 0 radical (unpaired) electrons. The van der Waals surface area contributed by atoms with Crippen molar-refractivity contribution in [1.29, 1.82) is 0 Å². The van der Waals surface area contributed by atoms with Crippen LogP contribution in [0.15, 0.2) is 0 Å². The average Bonchev–Trinajstić information content (AvgIpc) is 2.48. The van der Waals surface area contributed by atoms with Gasteiger partial charge in [-0.05, 0) is 39.3 Å². The molecule has 1 unspecified atom stereocenters. The van der Waals surface area contributed by atoms with Crippen LogP contribution in [0.4, 0.5) is 0 Å². The molecule has 0 aromatic carbocycles. The van der Waals surface area contributed by atoms with Crippen molar-refractivity contribution in [3.05, 3.63) is 0 Å². The van der Waals surface area contributed by atoms with E-state index in [0.29, 0.717) is 0 Å². The zero-order valence-electron chi connectivity index (χ0n) is 9.97. The summed E-state index contributed by atoms with van der Waals surface area (Å²) in [4.78, 5) is 2.65. The van der Waals surface area contributed by atoms with E-state index in [4.69, 9.17) is 0 Å². The minimum absolute atomic E-state index is 0.813. The van der Waals surface area contributed by atoms with Crippen LogP contribution < -0.4 is 0 Å². The average molecular weight is 185 g/mol. The van der Waals surface area contributed by atoms with Gasteiger partial charge in [0.05, 0.1) is 0 Å². The second-order valence-corrected chi connectivity index (χ2v) is 3.71. The van der Waals surface area contributed by atoms with Gasteiger partial charge < -0.3 is 4.90 Å². The van der Waals surface area contributed by atoms with Crippen LogP contribution in [0, 0.1) is 0 Å². The fourth-order valence-electron chi connectivity index (χ4n) is 1.79. The summed E-state index contributed by atoms with van der Waals surface area (Å²) in [6.45, 7) is 11.3. The van der Waals surface area contributed by atoms with Crippen molar-refractivity contribution in [2.45, 2.75) is 65.8 Å². The summed E-state index contributed by atoms with van der Waals surface area (Å²) in [6, 6.07) is 0.813. The van der Waals surface area contributed by atoms with Gasteiger partial charge >= 0.3 is 0 Å². The quantitative estimate of drug-likeness (QED) is 0.634. The van der Waals surface area contributed by atoms with E-state index in [0.717, 1.165) is 6.04 Å². The Balaban J connectivity index is 0.000000671. The van der Waals surface area contributed by atoms with Crippen molar-refractivity contribution in [2.24, 2.45) is 0 Å². The van der Waals surface area contributed by atoms with Gasteiger partial charge in [0.15, 0.2) is 0 Å². The molecule has 0 aromatic heterocycles. The number of hydrogen-bond acceptors (Lipinski definition) is 1. The highest BCUT2D eigenvalue weighted by molar-refractivity contribution is 4.68. The van der Waals surface area contributed by atoms with Crippen LogP contribution in [0.2, 0.25) is 0 Å². The molecule has 0 bridgehead atoms. The fraction of sp³-hybridized carbons (Fsp3) is 1.00. The molecule has 1 nitrogen and oxygen atoms in total. The second kappa shape index (κ2) is 8.55. The Morgan fingerprint density at radius 1 is 1.00 bits per heavy atom. The van der Waals surface area contributed by atoms with Crippen molar-refractivity contribution in [3.8, 4) is 0 Å². The smallest absolute Gasteiger partial charge is 0.00643 e. The summed E-state index contributed by atoms with van der Waals surface area (Å²) in [6.07, 6.45) is 7.05. The van der Waals surface area contributed by atoms with E-state index in [1.54, 1.807) is 0 Å². The molecule has 1 rings (SSSR count). The fourth-order valence-corrected chi connectivity index (χ4v) is 1.79. The standard InChI is InChI=1S/C10H21N.C2H6/c1-3-10(2)11-8-6-4-5-7-9-11;1-2/h10H,3-9H2,1-2H3;1-2H3. The van der Waals surface area contributed by atoms with Gasteiger partial charge in [-0.2, -0.15) is 0 Å². The molecule has 1 heteroatoms. The molecule has 1 heterocycles. The van der Waals surface area contributed by atoms with Crippen LogP contribution in [0.25, 0.3) is 0 Å². The van der Waals surface area contributed by atoms with Crippen molar-refractivity contribution < 1.29 is 0 Å². The van der Waals surface area contributed by atoms with E-state index >= 15 is 0 Å². The molecule has 0 amide bonds. The maximum absolute atomic E-state index is 2.65. The number of likely N-dealkylation sites (tertiary alicyclic amines) is 1.